The quantitative estimate of drug-likeness (QED) is 0.789. The summed E-state index contributed by atoms with van der Waals surface area (Å²) in [6.45, 7) is 1.97. The largest absolute Gasteiger partial charge is 0.389 e. The van der Waals surface area contributed by atoms with E-state index in [4.69, 9.17) is 18.0 Å². The van der Waals surface area contributed by atoms with E-state index in [1.165, 1.54) is 0 Å². The lowest BCUT2D eigenvalue weighted by atomic mass is 10.1. The van der Waals surface area contributed by atoms with Gasteiger partial charge in [-0.15, -0.1) is 0 Å². The minimum Gasteiger partial charge on any atom is -0.389 e. The number of nitrogens with one attached hydrogen (secondary N) is 1. The fraction of sp³-hybridized carbons (Fsp3) is 0.417. The van der Waals surface area contributed by atoms with Gasteiger partial charge in [-0.25, -0.2) is 8.78 Å². The van der Waals surface area contributed by atoms with E-state index in [0.29, 0.717) is 0 Å². The lowest BCUT2D eigenvalue weighted by Gasteiger charge is -2.18. The second-order valence-electron chi connectivity index (χ2n) is 3.88. The summed E-state index contributed by atoms with van der Waals surface area (Å²) in [6, 6.07) is 2.33. The lowest BCUT2D eigenvalue weighted by Crippen LogP contribution is -2.23. The van der Waals surface area contributed by atoms with Crippen molar-refractivity contribution in [3.63, 3.8) is 0 Å². The fourth-order valence-corrected chi connectivity index (χ4v) is 2.36. The molecule has 0 saturated heterocycles. The Morgan fingerprint density at radius 1 is 1.44 bits per heavy atom. The molecule has 0 saturated carbocycles. The number of hydrogen-bond acceptors (Lipinski definition) is 3. The van der Waals surface area contributed by atoms with Crippen LogP contribution in [0.3, 0.4) is 0 Å². The van der Waals surface area contributed by atoms with Crippen molar-refractivity contribution in [1.82, 2.24) is 0 Å². The van der Waals surface area contributed by atoms with E-state index in [2.05, 4.69) is 5.32 Å². The SMILES string of the molecule is CCC(CSC)Nc1c(F)cc(C(N)=S)cc1F. The van der Waals surface area contributed by atoms with Crippen molar-refractivity contribution in [2.75, 3.05) is 17.3 Å². The van der Waals surface area contributed by atoms with Gasteiger partial charge in [-0.05, 0) is 24.8 Å². The number of thiocarbonyl (C=S) groups is 1. The van der Waals surface area contributed by atoms with Crippen molar-refractivity contribution in [3.05, 3.63) is 29.3 Å². The molecule has 0 amide bonds. The number of anilines is 1. The molecule has 18 heavy (non-hydrogen) atoms. The molecule has 0 aromatic heterocycles. The third-order valence-electron chi connectivity index (χ3n) is 2.54. The molecule has 1 aromatic carbocycles. The number of halogens is 2. The minimum atomic E-state index is -0.669. The predicted molar refractivity (Wildman–Crippen MR) is 78.3 cm³/mol. The van der Waals surface area contributed by atoms with Gasteiger partial charge in [0.05, 0.1) is 0 Å². The van der Waals surface area contributed by atoms with E-state index in [0.717, 1.165) is 24.3 Å². The standard InChI is InChI=1S/C12H16F2N2S2/c1-3-8(6-18-2)16-11-9(13)4-7(12(15)17)5-10(11)14/h4-5,8,16H,3,6H2,1-2H3,(H2,15,17). The molecule has 0 fully saturated rings. The summed E-state index contributed by atoms with van der Waals surface area (Å²) in [6.07, 6.45) is 2.74. The highest BCUT2D eigenvalue weighted by molar-refractivity contribution is 7.98. The maximum atomic E-state index is 13.8. The molecular weight excluding hydrogens is 274 g/mol. The number of thioether (sulfide) groups is 1. The molecule has 1 atom stereocenters. The Hall–Kier alpha value is -0.880. The molecule has 0 radical (unpaired) electrons. The molecule has 6 heteroatoms. The van der Waals surface area contributed by atoms with Crippen LogP contribution in [-0.2, 0) is 0 Å². The van der Waals surface area contributed by atoms with Gasteiger partial charge in [0, 0.05) is 17.4 Å². The number of rotatable bonds is 6. The number of nitrogens with two attached hydrogens (primary N) is 1. The highest BCUT2D eigenvalue weighted by Gasteiger charge is 2.15. The zero-order valence-electron chi connectivity index (χ0n) is 10.3. The molecule has 0 bridgehead atoms. The highest BCUT2D eigenvalue weighted by Crippen LogP contribution is 2.22. The van der Waals surface area contributed by atoms with Gasteiger partial charge < -0.3 is 11.1 Å². The summed E-state index contributed by atoms with van der Waals surface area (Å²) >= 11 is 6.32. The van der Waals surface area contributed by atoms with Gasteiger partial charge >= 0.3 is 0 Å². The summed E-state index contributed by atoms with van der Waals surface area (Å²) in [7, 11) is 0. The van der Waals surface area contributed by atoms with Crippen LogP contribution in [0.15, 0.2) is 12.1 Å². The van der Waals surface area contributed by atoms with Crippen molar-refractivity contribution >= 4 is 34.7 Å². The lowest BCUT2D eigenvalue weighted by molar-refractivity contribution is 0.582. The van der Waals surface area contributed by atoms with Crippen molar-refractivity contribution in [3.8, 4) is 0 Å². The number of benzene rings is 1. The van der Waals surface area contributed by atoms with Crippen molar-refractivity contribution in [2.45, 2.75) is 19.4 Å². The molecular formula is C12H16F2N2S2. The summed E-state index contributed by atoms with van der Waals surface area (Å²) in [5.41, 5.74) is 5.43. The van der Waals surface area contributed by atoms with Crippen LogP contribution in [0.4, 0.5) is 14.5 Å². The molecule has 2 nitrogen and oxygen atoms in total. The monoisotopic (exact) mass is 290 g/mol. The van der Waals surface area contributed by atoms with Crippen LogP contribution in [0.25, 0.3) is 0 Å². The molecule has 0 aliphatic heterocycles. The van der Waals surface area contributed by atoms with Gasteiger partial charge in [-0.3, -0.25) is 0 Å². The predicted octanol–water partition coefficient (Wildman–Crippen LogP) is 3.15. The smallest absolute Gasteiger partial charge is 0.150 e. The summed E-state index contributed by atoms with van der Waals surface area (Å²) in [5, 5.41) is 2.88. The van der Waals surface area contributed by atoms with Gasteiger partial charge in [-0.2, -0.15) is 11.8 Å². The molecule has 0 spiro atoms. The Morgan fingerprint density at radius 2 is 2.00 bits per heavy atom. The van der Waals surface area contributed by atoms with Gasteiger partial charge in [0.25, 0.3) is 0 Å². The summed E-state index contributed by atoms with van der Waals surface area (Å²) in [4.78, 5) is -0.0181. The minimum absolute atomic E-state index is 0.0181. The van der Waals surface area contributed by atoms with Gasteiger partial charge in [0.15, 0.2) is 0 Å². The molecule has 1 rings (SSSR count). The van der Waals surface area contributed by atoms with Crippen LogP contribution in [0.5, 0.6) is 0 Å². The second-order valence-corrected chi connectivity index (χ2v) is 5.23. The zero-order chi connectivity index (χ0) is 13.7. The molecule has 3 N–H and O–H groups in total. The first-order valence-electron chi connectivity index (χ1n) is 5.53. The Bertz CT molecular complexity index is 415. The maximum absolute atomic E-state index is 13.8. The van der Waals surface area contributed by atoms with Crippen LogP contribution in [-0.4, -0.2) is 23.0 Å². The first-order chi connectivity index (χ1) is 8.49. The Balaban J connectivity index is 2.99. The topological polar surface area (TPSA) is 38.0 Å². The van der Waals surface area contributed by atoms with E-state index in [-0.39, 0.29) is 22.3 Å². The third-order valence-corrected chi connectivity index (χ3v) is 3.51. The van der Waals surface area contributed by atoms with Crippen molar-refractivity contribution < 1.29 is 8.78 Å². The molecule has 1 aromatic rings. The van der Waals surface area contributed by atoms with E-state index in [1.54, 1.807) is 11.8 Å². The van der Waals surface area contributed by atoms with Gasteiger partial charge in [0.1, 0.15) is 22.3 Å². The van der Waals surface area contributed by atoms with Gasteiger partial charge in [0.2, 0.25) is 0 Å². The van der Waals surface area contributed by atoms with Crippen molar-refractivity contribution in [1.29, 1.82) is 0 Å². The van der Waals surface area contributed by atoms with Crippen LogP contribution in [0.2, 0.25) is 0 Å². The average Bonchev–Trinajstić information content (AvgIpc) is 2.31. The molecule has 0 aliphatic carbocycles. The van der Waals surface area contributed by atoms with E-state index < -0.39 is 11.6 Å². The normalized spacial score (nSPS) is 12.2. The van der Waals surface area contributed by atoms with Crippen LogP contribution in [0, 0.1) is 11.6 Å². The third kappa shape index (κ3) is 3.81. The molecule has 0 aliphatic rings. The second kappa shape index (κ2) is 6.89. The van der Waals surface area contributed by atoms with E-state index in [9.17, 15) is 8.78 Å². The Morgan fingerprint density at radius 3 is 2.39 bits per heavy atom. The molecule has 100 valence electrons. The first kappa shape index (κ1) is 15.2. The zero-order valence-corrected chi connectivity index (χ0v) is 11.9. The fourth-order valence-electron chi connectivity index (χ4n) is 1.52. The first-order valence-corrected chi connectivity index (χ1v) is 7.34. The highest BCUT2D eigenvalue weighted by atomic mass is 32.2. The van der Waals surface area contributed by atoms with Crippen LogP contribution >= 0.6 is 24.0 Å². The average molecular weight is 290 g/mol. The van der Waals surface area contributed by atoms with Crippen LogP contribution in [0.1, 0.15) is 18.9 Å². The van der Waals surface area contributed by atoms with Crippen LogP contribution < -0.4 is 11.1 Å². The van der Waals surface area contributed by atoms with E-state index >= 15 is 0 Å². The van der Waals surface area contributed by atoms with E-state index in [1.807, 2.05) is 13.2 Å². The Labute approximate surface area is 115 Å². The number of hydrogen-bond donors (Lipinski definition) is 2. The Kier molecular flexibility index (Phi) is 5.81. The van der Waals surface area contributed by atoms with Crippen molar-refractivity contribution in [2.24, 2.45) is 5.73 Å². The van der Waals surface area contributed by atoms with Gasteiger partial charge in [-0.1, -0.05) is 19.1 Å². The molecule has 0 heterocycles. The molecule has 1 unspecified atom stereocenters. The maximum Gasteiger partial charge on any atom is 0.150 e. The summed E-state index contributed by atoms with van der Waals surface area (Å²) in [5.74, 6) is -0.554. The summed E-state index contributed by atoms with van der Waals surface area (Å²) < 4.78 is 27.6.